The number of hydrogen-bond acceptors (Lipinski definition) is 4. The molecule has 1 aliphatic rings. The highest BCUT2D eigenvalue weighted by Crippen LogP contribution is 2.29. The van der Waals surface area contributed by atoms with Crippen molar-refractivity contribution in [1.29, 1.82) is 0 Å². The van der Waals surface area contributed by atoms with Crippen LogP contribution >= 0.6 is 0 Å². The predicted molar refractivity (Wildman–Crippen MR) is 68.2 cm³/mol. The second-order valence-corrected chi connectivity index (χ2v) is 4.37. The third-order valence-electron chi connectivity index (χ3n) is 3.09. The Kier molecular flexibility index (Phi) is 2.87. The van der Waals surface area contributed by atoms with Crippen molar-refractivity contribution in [3.63, 3.8) is 0 Å². The van der Waals surface area contributed by atoms with E-state index in [1.54, 1.807) is 0 Å². The van der Waals surface area contributed by atoms with Crippen molar-refractivity contribution < 1.29 is 14.6 Å². The SMILES string of the molecule is O=C(O)c1cc(-c2ccc3c(c2)CCCO3)ncn1. The average molecular weight is 256 g/mol. The Morgan fingerprint density at radius 1 is 1.26 bits per heavy atom. The van der Waals surface area contributed by atoms with Crippen LogP contribution in [0, 0.1) is 0 Å². The van der Waals surface area contributed by atoms with Crippen LogP contribution in [0.2, 0.25) is 0 Å². The quantitative estimate of drug-likeness (QED) is 0.891. The highest BCUT2D eigenvalue weighted by Gasteiger charge is 2.13. The van der Waals surface area contributed by atoms with Crippen molar-refractivity contribution in [2.75, 3.05) is 6.61 Å². The maximum atomic E-state index is 10.9. The summed E-state index contributed by atoms with van der Waals surface area (Å²) in [5, 5.41) is 8.94. The van der Waals surface area contributed by atoms with Crippen LogP contribution in [0.4, 0.5) is 0 Å². The van der Waals surface area contributed by atoms with Gasteiger partial charge in [0, 0.05) is 5.56 Å². The fraction of sp³-hybridized carbons (Fsp3) is 0.214. The summed E-state index contributed by atoms with van der Waals surface area (Å²) in [6.07, 6.45) is 3.25. The van der Waals surface area contributed by atoms with Crippen molar-refractivity contribution in [1.82, 2.24) is 9.97 Å². The summed E-state index contributed by atoms with van der Waals surface area (Å²) in [5.74, 6) is -0.146. The Morgan fingerprint density at radius 2 is 2.16 bits per heavy atom. The largest absolute Gasteiger partial charge is 0.493 e. The Bertz CT molecular complexity index is 640. The molecule has 1 N–H and O–H groups in total. The molecule has 5 heteroatoms. The van der Waals surface area contributed by atoms with Crippen molar-refractivity contribution in [2.45, 2.75) is 12.8 Å². The molecular weight excluding hydrogens is 244 g/mol. The number of benzene rings is 1. The van der Waals surface area contributed by atoms with Crippen molar-refractivity contribution in [3.8, 4) is 17.0 Å². The highest BCUT2D eigenvalue weighted by atomic mass is 16.5. The van der Waals surface area contributed by atoms with Crippen molar-refractivity contribution in [3.05, 3.63) is 41.9 Å². The predicted octanol–water partition coefficient (Wildman–Crippen LogP) is 2.17. The van der Waals surface area contributed by atoms with E-state index in [2.05, 4.69) is 9.97 Å². The van der Waals surface area contributed by atoms with Crippen LogP contribution < -0.4 is 4.74 Å². The van der Waals surface area contributed by atoms with Crippen LogP contribution in [0.5, 0.6) is 5.75 Å². The lowest BCUT2D eigenvalue weighted by Crippen LogP contribution is -2.08. The second kappa shape index (κ2) is 4.68. The molecule has 19 heavy (non-hydrogen) atoms. The molecule has 5 nitrogen and oxygen atoms in total. The average Bonchev–Trinajstić information content (AvgIpc) is 2.47. The van der Waals surface area contributed by atoms with Gasteiger partial charge in [-0.2, -0.15) is 0 Å². The van der Waals surface area contributed by atoms with Gasteiger partial charge >= 0.3 is 5.97 Å². The fourth-order valence-electron chi connectivity index (χ4n) is 2.15. The van der Waals surface area contributed by atoms with E-state index in [4.69, 9.17) is 9.84 Å². The van der Waals surface area contributed by atoms with Crippen LogP contribution in [-0.2, 0) is 6.42 Å². The number of aryl methyl sites for hydroxylation is 1. The molecule has 1 aromatic heterocycles. The monoisotopic (exact) mass is 256 g/mol. The third kappa shape index (κ3) is 2.27. The van der Waals surface area contributed by atoms with Gasteiger partial charge in [0.15, 0.2) is 5.69 Å². The van der Waals surface area contributed by atoms with Gasteiger partial charge in [-0.25, -0.2) is 14.8 Å². The van der Waals surface area contributed by atoms with Crippen molar-refractivity contribution in [2.24, 2.45) is 0 Å². The van der Waals surface area contributed by atoms with Gasteiger partial charge in [-0.05, 0) is 42.7 Å². The molecule has 96 valence electrons. The molecule has 2 aromatic rings. The summed E-state index contributed by atoms with van der Waals surface area (Å²) in [7, 11) is 0. The van der Waals surface area contributed by atoms with E-state index in [0.717, 1.165) is 36.3 Å². The first-order chi connectivity index (χ1) is 9.24. The minimum absolute atomic E-state index is 0.000953. The second-order valence-electron chi connectivity index (χ2n) is 4.37. The maximum Gasteiger partial charge on any atom is 0.354 e. The topological polar surface area (TPSA) is 72.3 Å². The first-order valence-corrected chi connectivity index (χ1v) is 6.05. The normalized spacial score (nSPS) is 13.5. The molecule has 0 bridgehead atoms. The zero-order valence-electron chi connectivity index (χ0n) is 10.2. The molecular formula is C14H12N2O3. The molecule has 0 unspecified atom stereocenters. The lowest BCUT2D eigenvalue weighted by Gasteiger charge is -2.17. The number of carboxylic acid groups (broad SMARTS) is 1. The molecule has 0 aliphatic carbocycles. The van der Waals surface area contributed by atoms with Crippen LogP contribution in [0.1, 0.15) is 22.5 Å². The van der Waals surface area contributed by atoms with E-state index in [0.29, 0.717) is 5.69 Å². The zero-order valence-corrected chi connectivity index (χ0v) is 10.2. The number of aromatic nitrogens is 2. The van der Waals surface area contributed by atoms with Gasteiger partial charge < -0.3 is 9.84 Å². The van der Waals surface area contributed by atoms with Gasteiger partial charge in [0.05, 0.1) is 12.3 Å². The first-order valence-electron chi connectivity index (χ1n) is 6.05. The smallest absolute Gasteiger partial charge is 0.354 e. The zero-order chi connectivity index (χ0) is 13.2. The maximum absolute atomic E-state index is 10.9. The van der Waals surface area contributed by atoms with Crippen LogP contribution in [0.3, 0.4) is 0 Å². The Labute approximate surface area is 109 Å². The number of hydrogen-bond donors (Lipinski definition) is 1. The number of fused-ring (bicyclic) bond motifs is 1. The minimum Gasteiger partial charge on any atom is -0.493 e. The highest BCUT2D eigenvalue weighted by molar-refractivity contribution is 5.86. The van der Waals surface area contributed by atoms with E-state index < -0.39 is 5.97 Å². The van der Waals surface area contributed by atoms with Gasteiger partial charge in [-0.15, -0.1) is 0 Å². The number of nitrogens with zero attached hydrogens (tertiary/aromatic N) is 2. The number of carbonyl (C=O) groups is 1. The molecule has 1 aromatic carbocycles. The van der Waals surface area contributed by atoms with Gasteiger partial charge in [0.25, 0.3) is 0 Å². The van der Waals surface area contributed by atoms with Crippen LogP contribution in [-0.4, -0.2) is 27.7 Å². The number of rotatable bonds is 2. The first kappa shape index (κ1) is 11.6. The van der Waals surface area contributed by atoms with Crippen LogP contribution in [0.25, 0.3) is 11.3 Å². The van der Waals surface area contributed by atoms with E-state index in [1.165, 1.54) is 12.4 Å². The van der Waals surface area contributed by atoms with Crippen molar-refractivity contribution >= 4 is 5.97 Å². The Hall–Kier alpha value is -2.43. The van der Waals surface area contributed by atoms with Gasteiger partial charge in [-0.1, -0.05) is 0 Å². The number of carboxylic acids is 1. The molecule has 1 aliphatic heterocycles. The molecule has 0 amide bonds. The molecule has 0 fully saturated rings. The fourth-order valence-corrected chi connectivity index (χ4v) is 2.15. The summed E-state index contributed by atoms with van der Waals surface area (Å²) in [5.41, 5.74) is 2.63. The molecule has 3 rings (SSSR count). The number of ether oxygens (including phenoxy) is 1. The molecule has 0 spiro atoms. The van der Waals surface area contributed by atoms with Crippen LogP contribution in [0.15, 0.2) is 30.6 Å². The van der Waals surface area contributed by atoms with E-state index >= 15 is 0 Å². The van der Waals surface area contributed by atoms with Gasteiger partial charge in [0.1, 0.15) is 12.1 Å². The standard InChI is InChI=1S/C14H12N2O3/c17-14(18)12-7-11(15-8-16-12)9-3-4-13-10(6-9)2-1-5-19-13/h3-4,6-8H,1-2,5H2,(H,17,18). The molecule has 0 atom stereocenters. The van der Waals surface area contributed by atoms with Gasteiger partial charge in [-0.3, -0.25) is 0 Å². The summed E-state index contributed by atoms with van der Waals surface area (Å²) in [6.45, 7) is 0.753. The number of aromatic carboxylic acids is 1. The molecule has 0 radical (unpaired) electrons. The van der Waals surface area contributed by atoms with E-state index in [-0.39, 0.29) is 5.69 Å². The lowest BCUT2D eigenvalue weighted by atomic mass is 10.0. The summed E-state index contributed by atoms with van der Waals surface area (Å²) in [6, 6.07) is 7.28. The molecule has 0 saturated carbocycles. The minimum atomic E-state index is -1.05. The summed E-state index contributed by atoms with van der Waals surface area (Å²) < 4.78 is 5.55. The third-order valence-corrected chi connectivity index (χ3v) is 3.09. The Balaban J connectivity index is 2.02. The van der Waals surface area contributed by atoms with E-state index in [9.17, 15) is 4.79 Å². The van der Waals surface area contributed by atoms with Gasteiger partial charge in [0.2, 0.25) is 0 Å². The lowest BCUT2D eigenvalue weighted by molar-refractivity contribution is 0.0690. The molecule has 2 heterocycles. The summed E-state index contributed by atoms with van der Waals surface area (Å²) >= 11 is 0. The molecule has 0 saturated heterocycles. The summed E-state index contributed by atoms with van der Waals surface area (Å²) in [4.78, 5) is 18.7. The van der Waals surface area contributed by atoms with E-state index in [1.807, 2.05) is 18.2 Å². The Morgan fingerprint density at radius 3 is 3.00 bits per heavy atom.